The minimum Gasteiger partial charge on any atom is -0.461 e. The van der Waals surface area contributed by atoms with Crippen LogP contribution in [0.4, 0.5) is 5.13 Å². The summed E-state index contributed by atoms with van der Waals surface area (Å²) >= 11 is 7.11. The van der Waals surface area contributed by atoms with Crippen LogP contribution in [-0.2, 0) is 16.1 Å². The second kappa shape index (κ2) is 8.10. The number of anilines is 1. The first-order chi connectivity index (χ1) is 12.8. The molecule has 0 bridgehead atoms. The number of halogens is 1. The number of rotatable bonds is 6. The Morgan fingerprint density at radius 2 is 2.11 bits per heavy atom. The highest BCUT2D eigenvalue weighted by Crippen LogP contribution is 2.24. The average Bonchev–Trinajstić information content (AvgIpc) is 3.15. The third-order valence-electron chi connectivity index (χ3n) is 3.82. The van der Waals surface area contributed by atoms with Crippen LogP contribution in [0.3, 0.4) is 0 Å². The van der Waals surface area contributed by atoms with Crippen molar-refractivity contribution in [2.24, 2.45) is 5.92 Å². The summed E-state index contributed by atoms with van der Waals surface area (Å²) in [4.78, 5) is 29.2. The van der Waals surface area contributed by atoms with Crippen LogP contribution in [0.2, 0.25) is 5.02 Å². The molecule has 142 valence electrons. The van der Waals surface area contributed by atoms with E-state index in [0.29, 0.717) is 27.3 Å². The summed E-state index contributed by atoms with van der Waals surface area (Å²) in [5.74, 6) is -0.376. The number of hydrogen-bond donors (Lipinski definition) is 1. The number of aromatic nitrogens is 2. The molecule has 2 aromatic heterocycles. The highest BCUT2D eigenvalue weighted by atomic mass is 35.5. The molecule has 3 aromatic rings. The van der Waals surface area contributed by atoms with Crippen LogP contribution in [0.25, 0.3) is 10.9 Å². The van der Waals surface area contributed by atoms with Gasteiger partial charge in [0, 0.05) is 22.1 Å². The van der Waals surface area contributed by atoms with Gasteiger partial charge in [-0.1, -0.05) is 36.8 Å². The number of ether oxygens (including phenoxy) is 1. The molecule has 0 aliphatic rings. The molecule has 0 atom stereocenters. The van der Waals surface area contributed by atoms with Crippen molar-refractivity contribution in [3.63, 3.8) is 0 Å². The average molecular weight is 406 g/mol. The van der Waals surface area contributed by atoms with Crippen molar-refractivity contribution in [2.75, 3.05) is 11.9 Å². The first kappa shape index (κ1) is 19.4. The molecule has 0 saturated carbocycles. The van der Waals surface area contributed by atoms with Gasteiger partial charge in [-0.2, -0.15) is 0 Å². The normalized spacial score (nSPS) is 11.1. The molecule has 0 spiro atoms. The highest BCUT2D eigenvalue weighted by Gasteiger charge is 2.18. The van der Waals surface area contributed by atoms with Gasteiger partial charge in [-0.05, 0) is 37.1 Å². The van der Waals surface area contributed by atoms with E-state index in [1.807, 2.05) is 42.8 Å². The molecule has 3 rings (SSSR count). The van der Waals surface area contributed by atoms with E-state index in [0.717, 1.165) is 22.2 Å². The Bertz CT molecular complexity index is 993. The predicted molar refractivity (Wildman–Crippen MR) is 108 cm³/mol. The van der Waals surface area contributed by atoms with Gasteiger partial charge in [0.1, 0.15) is 11.4 Å². The Labute approximate surface area is 166 Å². The van der Waals surface area contributed by atoms with E-state index in [9.17, 15) is 9.59 Å². The van der Waals surface area contributed by atoms with E-state index in [-0.39, 0.29) is 18.4 Å². The molecule has 6 nitrogen and oxygen atoms in total. The van der Waals surface area contributed by atoms with Crippen molar-refractivity contribution < 1.29 is 14.3 Å². The fourth-order valence-electron chi connectivity index (χ4n) is 2.57. The third kappa shape index (κ3) is 4.67. The summed E-state index contributed by atoms with van der Waals surface area (Å²) < 4.78 is 7.07. The van der Waals surface area contributed by atoms with Crippen molar-refractivity contribution >= 4 is 50.8 Å². The van der Waals surface area contributed by atoms with Crippen LogP contribution in [0.1, 0.15) is 29.2 Å². The SMILES string of the molecule is Cc1nc(NC(=O)Cn2ccc3cc(Cl)ccc32)sc1C(=O)OCC(C)C. The summed E-state index contributed by atoms with van der Waals surface area (Å²) in [6.45, 7) is 6.15. The van der Waals surface area contributed by atoms with Gasteiger partial charge in [-0.3, -0.25) is 4.79 Å². The summed E-state index contributed by atoms with van der Waals surface area (Å²) in [5.41, 5.74) is 1.47. The Hall–Kier alpha value is -2.38. The smallest absolute Gasteiger partial charge is 0.350 e. The number of benzene rings is 1. The third-order valence-corrected chi connectivity index (χ3v) is 5.11. The number of hydrogen-bond acceptors (Lipinski definition) is 5. The first-order valence-electron chi connectivity index (χ1n) is 8.52. The number of fused-ring (bicyclic) bond motifs is 1. The molecule has 1 aromatic carbocycles. The van der Waals surface area contributed by atoms with Crippen LogP contribution < -0.4 is 5.32 Å². The Balaban J connectivity index is 1.67. The van der Waals surface area contributed by atoms with Crippen molar-refractivity contribution in [3.8, 4) is 0 Å². The number of thiazole rings is 1. The zero-order valence-corrected chi connectivity index (χ0v) is 16.9. The van der Waals surface area contributed by atoms with Gasteiger partial charge < -0.3 is 14.6 Å². The second-order valence-electron chi connectivity index (χ2n) is 6.62. The number of carbonyl (C=O) groups excluding carboxylic acids is 2. The number of esters is 1. The van der Waals surface area contributed by atoms with Crippen molar-refractivity contribution in [3.05, 3.63) is 46.1 Å². The van der Waals surface area contributed by atoms with Gasteiger partial charge in [0.15, 0.2) is 5.13 Å². The fourth-order valence-corrected chi connectivity index (χ4v) is 3.63. The predicted octanol–water partition coefficient (Wildman–Crippen LogP) is 4.51. The summed E-state index contributed by atoms with van der Waals surface area (Å²) in [7, 11) is 0. The van der Waals surface area contributed by atoms with E-state index >= 15 is 0 Å². The van der Waals surface area contributed by atoms with E-state index in [4.69, 9.17) is 16.3 Å². The lowest BCUT2D eigenvalue weighted by Crippen LogP contribution is -2.18. The minimum absolute atomic E-state index is 0.136. The van der Waals surface area contributed by atoms with Crippen LogP contribution in [0.15, 0.2) is 30.5 Å². The molecule has 0 saturated heterocycles. The van der Waals surface area contributed by atoms with Gasteiger partial charge in [0.25, 0.3) is 0 Å². The lowest BCUT2D eigenvalue weighted by molar-refractivity contribution is -0.116. The Kier molecular flexibility index (Phi) is 5.82. The summed E-state index contributed by atoms with van der Waals surface area (Å²) in [5, 5.41) is 4.75. The standard InChI is InChI=1S/C19H20ClN3O3S/c1-11(2)10-26-18(25)17-12(3)21-19(27-17)22-16(24)9-23-7-6-13-8-14(20)4-5-15(13)23/h4-8,11H,9-10H2,1-3H3,(H,21,22,24). The maximum absolute atomic E-state index is 12.4. The van der Waals surface area contributed by atoms with Crippen molar-refractivity contribution in [1.82, 2.24) is 9.55 Å². The Morgan fingerprint density at radius 3 is 2.85 bits per heavy atom. The molecule has 0 unspecified atom stereocenters. The molecule has 0 aliphatic heterocycles. The van der Waals surface area contributed by atoms with Crippen LogP contribution in [0.5, 0.6) is 0 Å². The molecule has 1 amide bonds. The maximum atomic E-state index is 12.4. The van der Waals surface area contributed by atoms with E-state index in [1.165, 1.54) is 0 Å². The van der Waals surface area contributed by atoms with Crippen molar-refractivity contribution in [2.45, 2.75) is 27.3 Å². The van der Waals surface area contributed by atoms with Gasteiger partial charge >= 0.3 is 5.97 Å². The molecule has 0 fully saturated rings. The van der Waals surface area contributed by atoms with Gasteiger partial charge in [-0.15, -0.1) is 0 Å². The zero-order chi connectivity index (χ0) is 19.6. The largest absolute Gasteiger partial charge is 0.461 e. The summed E-state index contributed by atoms with van der Waals surface area (Å²) in [6.07, 6.45) is 1.84. The molecule has 27 heavy (non-hydrogen) atoms. The van der Waals surface area contributed by atoms with E-state index in [2.05, 4.69) is 10.3 Å². The molecular weight excluding hydrogens is 386 g/mol. The Morgan fingerprint density at radius 1 is 1.33 bits per heavy atom. The number of carbonyl (C=O) groups is 2. The van der Waals surface area contributed by atoms with Crippen LogP contribution in [-0.4, -0.2) is 28.0 Å². The number of amides is 1. The monoisotopic (exact) mass is 405 g/mol. The molecule has 0 radical (unpaired) electrons. The van der Waals surface area contributed by atoms with E-state index < -0.39 is 5.97 Å². The van der Waals surface area contributed by atoms with Crippen LogP contribution in [0, 0.1) is 12.8 Å². The number of nitrogens with zero attached hydrogens (tertiary/aromatic N) is 2. The van der Waals surface area contributed by atoms with Gasteiger partial charge in [0.2, 0.25) is 5.91 Å². The lowest BCUT2D eigenvalue weighted by atomic mass is 10.2. The van der Waals surface area contributed by atoms with Gasteiger partial charge in [0.05, 0.1) is 12.3 Å². The van der Waals surface area contributed by atoms with Crippen LogP contribution >= 0.6 is 22.9 Å². The molecular formula is C19H20ClN3O3S. The zero-order valence-electron chi connectivity index (χ0n) is 15.3. The number of aryl methyl sites for hydroxylation is 1. The minimum atomic E-state index is -0.410. The molecule has 8 heteroatoms. The number of nitrogens with one attached hydrogen (secondary N) is 1. The topological polar surface area (TPSA) is 73.2 Å². The van der Waals surface area contributed by atoms with Crippen molar-refractivity contribution in [1.29, 1.82) is 0 Å². The fraction of sp³-hybridized carbons (Fsp3) is 0.316. The second-order valence-corrected chi connectivity index (χ2v) is 8.06. The summed E-state index contributed by atoms with van der Waals surface area (Å²) in [6, 6.07) is 7.42. The van der Waals surface area contributed by atoms with Gasteiger partial charge in [-0.25, -0.2) is 9.78 Å². The van der Waals surface area contributed by atoms with E-state index in [1.54, 1.807) is 13.0 Å². The first-order valence-corrected chi connectivity index (χ1v) is 9.71. The molecule has 1 N–H and O–H groups in total. The molecule has 0 aliphatic carbocycles. The maximum Gasteiger partial charge on any atom is 0.350 e. The quantitative estimate of drug-likeness (QED) is 0.612. The molecule has 2 heterocycles. The highest BCUT2D eigenvalue weighted by molar-refractivity contribution is 7.17. The lowest BCUT2D eigenvalue weighted by Gasteiger charge is -2.06.